The number of esters is 1. The fraction of sp³-hybridized carbons (Fsp3) is 0.931. The van der Waals surface area contributed by atoms with E-state index in [1.165, 1.54) is 6.92 Å². The van der Waals surface area contributed by atoms with E-state index in [9.17, 15) is 81.4 Å². The normalized spacial score (nSPS) is 54.1. The third-order valence-corrected chi connectivity index (χ3v) is 22.7. The van der Waals surface area contributed by atoms with Crippen LogP contribution in [-0.2, 0) is 57.0 Å². The lowest BCUT2D eigenvalue weighted by molar-refractivity contribution is -0.378. The highest BCUT2D eigenvalue weighted by Gasteiger charge is 2.72. The summed E-state index contributed by atoms with van der Waals surface area (Å²) in [7, 11) is 0. The first kappa shape index (κ1) is 65.7. The van der Waals surface area contributed by atoms with Crippen LogP contribution in [0.1, 0.15) is 113 Å². The minimum absolute atomic E-state index is 0.0619. The molecule has 0 radical (unpaired) electrons. The molecule has 0 aromatic carbocycles. The van der Waals surface area contributed by atoms with Crippen LogP contribution < -0.4 is 0 Å². The van der Waals surface area contributed by atoms with Crippen LogP contribution in [0.3, 0.4) is 0 Å². The number of carboxylic acid groups (broad SMARTS) is 1. The Morgan fingerprint density at radius 2 is 1.18 bits per heavy atom. The molecular formula is C58H92O27. The number of allylic oxidation sites excluding steroid dienone is 2. The summed E-state index contributed by atoms with van der Waals surface area (Å²) in [6.45, 7) is 14.9. The number of rotatable bonds is 12. The van der Waals surface area contributed by atoms with Gasteiger partial charge in [0.05, 0.1) is 38.1 Å². The molecule has 0 spiro atoms. The van der Waals surface area contributed by atoms with Gasteiger partial charge in [-0.2, -0.15) is 0 Å². The average molecular weight is 1220 g/mol. The molecule has 486 valence electrons. The third kappa shape index (κ3) is 10.9. The fourth-order valence-corrected chi connectivity index (χ4v) is 17.5. The molecule has 10 rings (SSSR count). The number of carbonyl (C=O) groups is 2. The average Bonchev–Trinajstić information content (AvgIpc) is 0.694. The third-order valence-electron chi connectivity index (χ3n) is 22.7. The lowest BCUT2D eigenvalue weighted by Gasteiger charge is -2.71. The van der Waals surface area contributed by atoms with Crippen LogP contribution in [0.25, 0.3) is 0 Å². The molecule has 0 aromatic heterocycles. The lowest BCUT2D eigenvalue weighted by atomic mass is 9.33. The van der Waals surface area contributed by atoms with Crippen molar-refractivity contribution in [2.24, 2.45) is 50.2 Å². The van der Waals surface area contributed by atoms with E-state index in [1.54, 1.807) is 0 Å². The topological polar surface area (TPSA) is 430 Å². The van der Waals surface area contributed by atoms with Crippen molar-refractivity contribution in [2.45, 2.75) is 267 Å². The molecule has 9 fully saturated rings. The molecular weight excluding hydrogens is 1130 g/mol. The van der Waals surface area contributed by atoms with Crippen molar-refractivity contribution in [1.29, 1.82) is 0 Å². The van der Waals surface area contributed by atoms with Crippen molar-refractivity contribution in [2.75, 3.05) is 19.8 Å². The zero-order valence-corrected chi connectivity index (χ0v) is 49.3. The summed E-state index contributed by atoms with van der Waals surface area (Å²) >= 11 is 0. The highest BCUT2D eigenvalue weighted by atomic mass is 16.8. The van der Waals surface area contributed by atoms with Gasteiger partial charge in [0, 0.05) is 0 Å². The Kier molecular flexibility index (Phi) is 18.4. The minimum Gasteiger partial charge on any atom is -0.479 e. The highest BCUT2D eigenvalue weighted by Crippen LogP contribution is 2.76. The molecule has 32 unspecified atom stereocenters. The monoisotopic (exact) mass is 1220 g/mol. The number of aliphatic carboxylic acids is 1. The van der Waals surface area contributed by atoms with Gasteiger partial charge in [-0.15, -0.1) is 0 Å². The summed E-state index contributed by atoms with van der Waals surface area (Å²) in [5.41, 5.74) is -2.59. The Morgan fingerprint density at radius 3 is 1.85 bits per heavy atom. The number of fused-ring (bicyclic) bond motifs is 7. The summed E-state index contributed by atoms with van der Waals surface area (Å²) in [6.07, 6.45) is -33.9. The van der Waals surface area contributed by atoms with Gasteiger partial charge in [0.1, 0.15) is 97.0 Å². The Morgan fingerprint density at radius 1 is 0.576 bits per heavy atom. The van der Waals surface area contributed by atoms with Gasteiger partial charge in [-0.1, -0.05) is 60.1 Å². The van der Waals surface area contributed by atoms with E-state index in [4.69, 9.17) is 47.4 Å². The summed E-state index contributed by atoms with van der Waals surface area (Å²) in [5.74, 6) is -2.68. The predicted octanol–water partition coefficient (Wildman–Crippen LogP) is -2.84. The van der Waals surface area contributed by atoms with Gasteiger partial charge < -0.3 is 124 Å². The molecule has 27 nitrogen and oxygen atoms in total. The van der Waals surface area contributed by atoms with E-state index in [0.717, 1.165) is 18.4 Å². The molecule has 5 aliphatic heterocycles. The van der Waals surface area contributed by atoms with Gasteiger partial charge in [-0.25, -0.2) is 4.79 Å². The number of ether oxygens (including phenoxy) is 10. The second-order valence-corrected chi connectivity index (χ2v) is 28.3. The molecule has 85 heavy (non-hydrogen) atoms. The van der Waals surface area contributed by atoms with E-state index in [-0.39, 0.29) is 35.5 Å². The van der Waals surface area contributed by atoms with Crippen molar-refractivity contribution < 1.29 is 134 Å². The van der Waals surface area contributed by atoms with Gasteiger partial charge in [0.25, 0.3) is 0 Å². The molecule has 5 aliphatic carbocycles. The molecule has 4 saturated carbocycles. The summed E-state index contributed by atoms with van der Waals surface area (Å²) < 4.78 is 58.8. The van der Waals surface area contributed by atoms with Crippen LogP contribution in [0.2, 0.25) is 0 Å². The van der Waals surface area contributed by atoms with E-state index in [2.05, 4.69) is 54.5 Å². The summed E-state index contributed by atoms with van der Waals surface area (Å²) in [5, 5.41) is 163. The Hall–Kier alpha value is -2.24. The van der Waals surface area contributed by atoms with Gasteiger partial charge in [0.15, 0.2) is 37.4 Å². The van der Waals surface area contributed by atoms with E-state index < -0.39 is 213 Å². The van der Waals surface area contributed by atoms with Crippen LogP contribution in [0, 0.1) is 50.2 Å². The number of aliphatic hydroxyl groups excluding tert-OH is 14. The first-order valence-corrected chi connectivity index (χ1v) is 30.1. The smallest absolute Gasteiger partial charge is 0.335 e. The van der Waals surface area contributed by atoms with E-state index >= 15 is 4.79 Å². The van der Waals surface area contributed by atoms with Crippen LogP contribution in [0.4, 0.5) is 0 Å². The first-order chi connectivity index (χ1) is 39.7. The van der Waals surface area contributed by atoms with Crippen molar-refractivity contribution in [1.82, 2.24) is 0 Å². The zero-order chi connectivity index (χ0) is 62.2. The molecule has 5 saturated heterocycles. The molecule has 0 aromatic rings. The number of carboxylic acids is 1. The Bertz CT molecular complexity index is 2430. The Labute approximate surface area is 492 Å². The second kappa shape index (κ2) is 23.8. The number of hydrogen-bond acceptors (Lipinski definition) is 26. The van der Waals surface area contributed by atoms with Gasteiger partial charge in [-0.3, -0.25) is 4.79 Å². The quantitative estimate of drug-likeness (QED) is 0.0532. The van der Waals surface area contributed by atoms with Crippen molar-refractivity contribution in [3.63, 3.8) is 0 Å². The number of carbonyl (C=O) groups excluding carboxylic acids is 1. The van der Waals surface area contributed by atoms with Gasteiger partial charge >= 0.3 is 11.9 Å². The Balaban J connectivity index is 0.840. The molecule has 32 atom stereocenters. The lowest BCUT2D eigenvalue weighted by Crippen LogP contribution is -2.68. The van der Waals surface area contributed by atoms with Gasteiger partial charge in [-0.05, 0) is 110 Å². The van der Waals surface area contributed by atoms with Crippen LogP contribution >= 0.6 is 0 Å². The maximum atomic E-state index is 15.4. The maximum Gasteiger partial charge on any atom is 0.335 e. The predicted molar refractivity (Wildman–Crippen MR) is 284 cm³/mol. The minimum atomic E-state index is -1.99. The molecule has 15 N–H and O–H groups in total. The summed E-state index contributed by atoms with van der Waals surface area (Å²) in [6, 6.07) is 0. The van der Waals surface area contributed by atoms with Crippen molar-refractivity contribution in [3.05, 3.63) is 11.6 Å². The SMILES string of the molecule is CC1OC(OC2C(OC(=O)C34CCC(C)(C)CC3C3=CCC5C6(C)CCC(OC7OC(C(=O)O)C(O)C(O)C7O)C(C)(C)C6CCC5(C)C3(C)CC4O)OCC(O)C2O)C(O)C(O)C1OC1OCC(O)C(OC2OC(CO)C(O)C(O)C2O)C1O. The summed E-state index contributed by atoms with van der Waals surface area (Å²) in [4.78, 5) is 27.4. The molecule has 0 amide bonds. The van der Waals surface area contributed by atoms with Crippen LogP contribution in [-0.4, -0.2) is 262 Å². The van der Waals surface area contributed by atoms with Crippen molar-refractivity contribution in [3.8, 4) is 0 Å². The standard InChI is InChI=1S/C58H92O27/c1-22-42(81-47-41(72)43(26(61)21-76-47)82-49-38(69)34(65)33(64)27(19-59)79-49)37(68)40(71)48(78-22)84-45-32(63)25(60)20-77-51(45)85-52(75)58-16-15-53(2,3)17-24(58)23-9-10-29-55(6)13-12-31(80-50-39(70)35(66)36(67)44(83-50)46(73)74)54(4,5)28(55)11-14-56(29,7)57(23,8)18-30(58)62/h9,22,24-45,47-51,59-72H,10-21H2,1-8H3,(H,73,74). The second-order valence-electron chi connectivity index (χ2n) is 28.3. The largest absolute Gasteiger partial charge is 0.479 e. The van der Waals surface area contributed by atoms with Crippen LogP contribution in [0.15, 0.2) is 11.6 Å². The molecule has 10 aliphatic rings. The molecule has 0 bridgehead atoms. The molecule has 5 heterocycles. The molecule has 27 heteroatoms. The maximum absolute atomic E-state index is 15.4. The van der Waals surface area contributed by atoms with Gasteiger partial charge in [0.2, 0.25) is 6.29 Å². The number of hydrogen-bond donors (Lipinski definition) is 15. The van der Waals surface area contributed by atoms with E-state index in [1.807, 2.05) is 0 Å². The van der Waals surface area contributed by atoms with E-state index in [0.29, 0.717) is 32.1 Å². The van der Waals surface area contributed by atoms with Crippen LogP contribution in [0.5, 0.6) is 0 Å². The first-order valence-electron chi connectivity index (χ1n) is 30.1. The fourth-order valence-electron chi connectivity index (χ4n) is 17.5. The van der Waals surface area contributed by atoms with Crippen molar-refractivity contribution >= 4 is 11.9 Å². The zero-order valence-electron chi connectivity index (χ0n) is 49.3. The highest BCUT2D eigenvalue weighted by molar-refractivity contribution is 5.80. The number of aliphatic hydroxyl groups is 14.